The van der Waals surface area contributed by atoms with Crippen molar-refractivity contribution in [3.63, 3.8) is 0 Å². The van der Waals surface area contributed by atoms with Crippen LogP contribution in [0.15, 0.2) is 67.0 Å². The molecule has 4 heteroatoms. The van der Waals surface area contributed by atoms with Crippen LogP contribution in [0.25, 0.3) is 44.0 Å². The fourth-order valence-electron chi connectivity index (χ4n) is 3.19. The van der Waals surface area contributed by atoms with Gasteiger partial charge < -0.3 is 4.98 Å². The van der Waals surface area contributed by atoms with E-state index in [2.05, 4.69) is 28.2 Å². The predicted molar refractivity (Wildman–Crippen MR) is 99.3 cm³/mol. The number of aromatic nitrogens is 3. The number of hydrogen-bond donors (Lipinski definition) is 1. The molecule has 2 aromatic carbocycles. The van der Waals surface area contributed by atoms with Gasteiger partial charge in [-0.2, -0.15) is 0 Å². The molecule has 0 amide bonds. The molecule has 5 rings (SSSR count). The van der Waals surface area contributed by atoms with Crippen LogP contribution in [0.1, 0.15) is 0 Å². The lowest BCUT2D eigenvalue weighted by Gasteiger charge is -2.06. The number of fused-ring (bicyclic) bond motifs is 4. The van der Waals surface area contributed by atoms with Crippen LogP contribution >= 0.6 is 11.6 Å². The fourth-order valence-corrected chi connectivity index (χ4v) is 3.48. The lowest BCUT2D eigenvalue weighted by Crippen LogP contribution is -1.85. The number of aromatic amines is 1. The Kier molecular flexibility index (Phi) is 2.84. The van der Waals surface area contributed by atoms with E-state index in [1.54, 1.807) is 12.4 Å². The zero-order valence-electron chi connectivity index (χ0n) is 12.6. The number of halogens is 1. The molecule has 0 radical (unpaired) electrons. The first-order valence-electron chi connectivity index (χ1n) is 7.71. The Morgan fingerprint density at radius 2 is 1.67 bits per heavy atom. The first-order chi connectivity index (χ1) is 11.8. The van der Waals surface area contributed by atoms with E-state index in [-0.39, 0.29) is 0 Å². The second-order valence-corrected chi connectivity index (χ2v) is 6.17. The monoisotopic (exact) mass is 329 g/mol. The summed E-state index contributed by atoms with van der Waals surface area (Å²) in [4.78, 5) is 12.3. The SMILES string of the molecule is Clc1c2cc(-c3ccncc3)ccc2nc2c1[nH]c1ccccc12. The van der Waals surface area contributed by atoms with Crippen molar-refractivity contribution < 1.29 is 0 Å². The van der Waals surface area contributed by atoms with Crippen molar-refractivity contribution in [2.24, 2.45) is 0 Å². The van der Waals surface area contributed by atoms with Crippen molar-refractivity contribution in [1.29, 1.82) is 0 Å². The number of benzene rings is 2. The summed E-state index contributed by atoms with van der Waals surface area (Å²) >= 11 is 6.72. The van der Waals surface area contributed by atoms with Crippen molar-refractivity contribution in [2.75, 3.05) is 0 Å². The standard InChI is InChI=1S/C20H12ClN3/c21-18-15-11-13(12-7-9-22-10-8-12)5-6-17(15)23-19-14-3-1-2-4-16(14)24-20(18)19/h1-11,24H. The Balaban J connectivity index is 1.85. The quantitative estimate of drug-likeness (QED) is 0.436. The van der Waals surface area contributed by atoms with Gasteiger partial charge in [-0.05, 0) is 41.5 Å². The molecule has 24 heavy (non-hydrogen) atoms. The minimum absolute atomic E-state index is 0.710. The number of hydrogen-bond acceptors (Lipinski definition) is 2. The highest BCUT2D eigenvalue weighted by Gasteiger charge is 2.13. The maximum Gasteiger partial charge on any atom is 0.0980 e. The molecule has 0 aliphatic heterocycles. The summed E-state index contributed by atoms with van der Waals surface area (Å²) in [5.41, 5.74) is 5.96. The van der Waals surface area contributed by atoms with Gasteiger partial charge in [0.2, 0.25) is 0 Å². The van der Waals surface area contributed by atoms with E-state index in [0.717, 1.165) is 44.0 Å². The smallest absolute Gasteiger partial charge is 0.0980 e. The first kappa shape index (κ1) is 13.5. The van der Waals surface area contributed by atoms with Gasteiger partial charge in [-0.25, -0.2) is 4.98 Å². The molecule has 3 nitrogen and oxygen atoms in total. The Morgan fingerprint density at radius 3 is 2.54 bits per heavy atom. The molecule has 3 aromatic heterocycles. The molecule has 0 bridgehead atoms. The molecule has 1 N–H and O–H groups in total. The fraction of sp³-hybridized carbons (Fsp3) is 0. The van der Waals surface area contributed by atoms with Gasteiger partial charge in [-0.3, -0.25) is 4.98 Å². The van der Waals surface area contributed by atoms with Crippen LogP contribution in [0.4, 0.5) is 0 Å². The first-order valence-corrected chi connectivity index (χ1v) is 8.09. The van der Waals surface area contributed by atoms with Crippen molar-refractivity contribution in [2.45, 2.75) is 0 Å². The van der Waals surface area contributed by atoms with Gasteiger partial charge in [-0.1, -0.05) is 35.9 Å². The summed E-state index contributed by atoms with van der Waals surface area (Å²) in [6, 6.07) is 18.3. The molecule has 0 atom stereocenters. The molecular formula is C20H12ClN3. The van der Waals surface area contributed by atoms with E-state index < -0.39 is 0 Å². The normalized spacial score (nSPS) is 11.5. The highest BCUT2D eigenvalue weighted by molar-refractivity contribution is 6.41. The summed E-state index contributed by atoms with van der Waals surface area (Å²) in [6.45, 7) is 0. The average Bonchev–Trinajstić information content (AvgIpc) is 3.02. The second kappa shape index (κ2) is 5.05. The third kappa shape index (κ3) is 1.92. The summed E-state index contributed by atoms with van der Waals surface area (Å²) < 4.78 is 0. The molecule has 0 unspecified atom stereocenters. The van der Waals surface area contributed by atoms with Gasteiger partial charge >= 0.3 is 0 Å². The van der Waals surface area contributed by atoms with Crippen molar-refractivity contribution in [3.05, 3.63) is 72.0 Å². The molecular weight excluding hydrogens is 318 g/mol. The van der Waals surface area contributed by atoms with Crippen molar-refractivity contribution in [3.8, 4) is 11.1 Å². The van der Waals surface area contributed by atoms with Crippen LogP contribution in [0.5, 0.6) is 0 Å². The topological polar surface area (TPSA) is 41.6 Å². The number of para-hydroxylation sites is 1. The lowest BCUT2D eigenvalue weighted by molar-refractivity contribution is 1.33. The minimum atomic E-state index is 0.710. The Hall–Kier alpha value is -2.91. The van der Waals surface area contributed by atoms with Gasteiger partial charge in [0.1, 0.15) is 0 Å². The Morgan fingerprint density at radius 1 is 0.833 bits per heavy atom. The highest BCUT2D eigenvalue weighted by atomic mass is 35.5. The molecule has 0 aliphatic carbocycles. The molecule has 5 aromatic rings. The van der Waals surface area contributed by atoms with Crippen molar-refractivity contribution in [1.82, 2.24) is 15.0 Å². The van der Waals surface area contributed by atoms with Gasteiger partial charge in [-0.15, -0.1) is 0 Å². The number of nitrogens with one attached hydrogen (secondary N) is 1. The predicted octanol–water partition coefficient (Wildman–Crippen LogP) is 5.58. The van der Waals surface area contributed by atoms with Gasteiger partial charge in [0, 0.05) is 28.7 Å². The molecule has 3 heterocycles. The largest absolute Gasteiger partial charge is 0.352 e. The van der Waals surface area contributed by atoms with Crippen LogP contribution in [-0.4, -0.2) is 15.0 Å². The second-order valence-electron chi connectivity index (χ2n) is 5.79. The van der Waals surface area contributed by atoms with Crippen LogP contribution in [0, 0.1) is 0 Å². The third-order valence-corrected chi connectivity index (χ3v) is 4.77. The number of pyridine rings is 2. The van der Waals surface area contributed by atoms with E-state index in [4.69, 9.17) is 16.6 Å². The Labute approximate surface area is 142 Å². The molecule has 0 spiro atoms. The van der Waals surface area contributed by atoms with E-state index in [1.807, 2.05) is 36.4 Å². The number of H-pyrrole nitrogens is 1. The number of rotatable bonds is 1. The van der Waals surface area contributed by atoms with E-state index >= 15 is 0 Å². The minimum Gasteiger partial charge on any atom is -0.352 e. The van der Waals surface area contributed by atoms with Crippen LogP contribution in [-0.2, 0) is 0 Å². The summed E-state index contributed by atoms with van der Waals surface area (Å²) in [7, 11) is 0. The molecule has 0 aliphatic rings. The maximum atomic E-state index is 6.72. The van der Waals surface area contributed by atoms with E-state index in [0.29, 0.717) is 5.02 Å². The van der Waals surface area contributed by atoms with E-state index in [9.17, 15) is 0 Å². The molecule has 0 fully saturated rings. The van der Waals surface area contributed by atoms with Gasteiger partial charge in [0.25, 0.3) is 0 Å². The molecule has 0 saturated heterocycles. The van der Waals surface area contributed by atoms with Crippen LogP contribution in [0.3, 0.4) is 0 Å². The maximum absolute atomic E-state index is 6.72. The summed E-state index contributed by atoms with van der Waals surface area (Å²) in [5, 5.41) is 2.75. The zero-order chi connectivity index (χ0) is 16.1. The van der Waals surface area contributed by atoms with Crippen LogP contribution in [0.2, 0.25) is 5.02 Å². The van der Waals surface area contributed by atoms with Crippen LogP contribution < -0.4 is 0 Å². The van der Waals surface area contributed by atoms with Crippen molar-refractivity contribution >= 4 is 44.4 Å². The van der Waals surface area contributed by atoms with Gasteiger partial charge in [0.15, 0.2) is 0 Å². The zero-order valence-corrected chi connectivity index (χ0v) is 13.4. The molecule has 114 valence electrons. The average molecular weight is 330 g/mol. The highest BCUT2D eigenvalue weighted by Crippen LogP contribution is 2.35. The van der Waals surface area contributed by atoms with E-state index in [1.165, 1.54) is 0 Å². The number of nitrogens with zero attached hydrogens (tertiary/aromatic N) is 2. The van der Waals surface area contributed by atoms with Gasteiger partial charge in [0.05, 0.1) is 21.6 Å². The third-order valence-electron chi connectivity index (χ3n) is 4.38. The summed E-state index contributed by atoms with van der Waals surface area (Å²) in [5.74, 6) is 0. The molecule has 0 saturated carbocycles. The Bertz CT molecular complexity index is 1210. The lowest BCUT2D eigenvalue weighted by atomic mass is 10.0. The summed E-state index contributed by atoms with van der Waals surface area (Å²) in [6.07, 6.45) is 3.58.